The molecule has 2 aromatic heterocycles. The van der Waals surface area contributed by atoms with Crippen LogP contribution in [0, 0.1) is 0 Å². The smallest absolute Gasteiger partial charge is 0.247 e. The summed E-state index contributed by atoms with van der Waals surface area (Å²) in [6.07, 6.45) is 2.80. The van der Waals surface area contributed by atoms with Gasteiger partial charge in [0, 0.05) is 35.8 Å². The molecule has 0 bridgehead atoms. The number of aromatic amines is 1. The van der Waals surface area contributed by atoms with Gasteiger partial charge in [-0.15, -0.1) is 0 Å². The van der Waals surface area contributed by atoms with Crippen LogP contribution in [0.4, 0.5) is 34.5 Å². The van der Waals surface area contributed by atoms with Gasteiger partial charge in [-0.2, -0.15) is 9.97 Å². The summed E-state index contributed by atoms with van der Waals surface area (Å²) in [6, 6.07) is 15.5. The number of morpholine rings is 1. The van der Waals surface area contributed by atoms with E-state index in [-0.39, 0.29) is 5.91 Å². The fourth-order valence-corrected chi connectivity index (χ4v) is 3.69. The summed E-state index contributed by atoms with van der Waals surface area (Å²) in [5.74, 6) is 0.695. The largest absolute Gasteiger partial charge is 0.378 e. The lowest BCUT2D eigenvalue weighted by molar-refractivity contribution is -0.111. The number of hydrogen-bond donors (Lipinski definition) is 4. The van der Waals surface area contributed by atoms with E-state index in [0.29, 0.717) is 28.6 Å². The maximum atomic E-state index is 11.6. The molecular formula is C24H24N8O2. The minimum Gasteiger partial charge on any atom is -0.378 e. The lowest BCUT2D eigenvalue weighted by Crippen LogP contribution is -2.36. The summed E-state index contributed by atoms with van der Waals surface area (Å²) < 4.78 is 5.43. The maximum absolute atomic E-state index is 11.6. The average Bonchev–Trinajstić information content (AvgIpc) is 3.34. The number of anilines is 6. The van der Waals surface area contributed by atoms with Gasteiger partial charge in [0.15, 0.2) is 11.5 Å². The van der Waals surface area contributed by atoms with Crippen LogP contribution in [0.15, 0.2) is 67.5 Å². The van der Waals surface area contributed by atoms with E-state index in [1.54, 1.807) is 12.4 Å². The van der Waals surface area contributed by atoms with E-state index >= 15 is 0 Å². The van der Waals surface area contributed by atoms with Crippen molar-refractivity contribution < 1.29 is 9.53 Å². The average molecular weight is 457 g/mol. The topological polar surface area (TPSA) is 120 Å². The molecule has 1 aliphatic heterocycles. The van der Waals surface area contributed by atoms with Crippen molar-refractivity contribution in [1.82, 2.24) is 19.9 Å². The molecule has 4 aromatic rings. The molecule has 1 fully saturated rings. The summed E-state index contributed by atoms with van der Waals surface area (Å²) >= 11 is 0. The molecule has 5 rings (SSSR count). The molecule has 0 saturated carbocycles. The zero-order valence-electron chi connectivity index (χ0n) is 18.4. The maximum Gasteiger partial charge on any atom is 0.247 e. The number of carbonyl (C=O) groups excluding carboxylic acids is 1. The molecule has 34 heavy (non-hydrogen) atoms. The van der Waals surface area contributed by atoms with Gasteiger partial charge in [-0.3, -0.25) is 4.79 Å². The molecule has 0 atom stereocenters. The standard InChI is InChI=1S/C24H24N8O2/c1-2-20(33)27-17-4-3-5-18(14-17)28-23-21-22(26-15-25-21)30-24(31-23)29-16-6-8-19(9-7-16)32-10-12-34-13-11-32/h2-9,14-15H,1,10-13H2,(H,27,33)(H3,25,26,28,29,30,31). The van der Waals surface area contributed by atoms with Crippen LogP contribution in [0.25, 0.3) is 11.2 Å². The van der Waals surface area contributed by atoms with Crippen molar-refractivity contribution in [2.45, 2.75) is 0 Å². The fraction of sp³-hybridized carbons (Fsp3) is 0.167. The van der Waals surface area contributed by atoms with Crippen LogP contribution in [0.2, 0.25) is 0 Å². The number of H-pyrrole nitrogens is 1. The van der Waals surface area contributed by atoms with Gasteiger partial charge in [-0.1, -0.05) is 12.6 Å². The molecule has 0 spiro atoms. The zero-order chi connectivity index (χ0) is 23.3. The van der Waals surface area contributed by atoms with Crippen LogP contribution in [0.1, 0.15) is 0 Å². The third kappa shape index (κ3) is 4.81. The van der Waals surface area contributed by atoms with Crippen LogP contribution in [-0.4, -0.2) is 52.1 Å². The molecule has 0 aliphatic carbocycles. The van der Waals surface area contributed by atoms with Crippen LogP contribution in [0.5, 0.6) is 0 Å². The number of hydrogen-bond acceptors (Lipinski definition) is 8. The number of nitrogens with one attached hydrogen (secondary N) is 4. The van der Waals surface area contributed by atoms with Crippen LogP contribution < -0.4 is 20.9 Å². The van der Waals surface area contributed by atoms with Gasteiger partial charge in [-0.05, 0) is 48.5 Å². The first kappa shape index (κ1) is 21.4. The molecule has 0 unspecified atom stereocenters. The summed E-state index contributed by atoms with van der Waals surface area (Å²) in [6.45, 7) is 6.75. The normalized spacial score (nSPS) is 13.5. The first-order valence-corrected chi connectivity index (χ1v) is 10.9. The Bertz CT molecular complexity index is 1310. The van der Waals surface area contributed by atoms with Gasteiger partial charge in [0.2, 0.25) is 11.9 Å². The van der Waals surface area contributed by atoms with Crippen LogP contribution in [0.3, 0.4) is 0 Å². The molecular weight excluding hydrogens is 432 g/mol. The van der Waals surface area contributed by atoms with Crippen molar-refractivity contribution >= 4 is 51.6 Å². The van der Waals surface area contributed by atoms with Gasteiger partial charge in [-0.25, -0.2) is 4.98 Å². The Morgan fingerprint density at radius 3 is 2.62 bits per heavy atom. The molecule has 10 heteroatoms. The molecule has 1 saturated heterocycles. The number of imidazole rings is 1. The van der Waals surface area contributed by atoms with E-state index in [0.717, 1.165) is 43.4 Å². The highest BCUT2D eigenvalue weighted by molar-refractivity contribution is 5.99. The van der Waals surface area contributed by atoms with E-state index < -0.39 is 0 Å². The number of amides is 1. The number of aromatic nitrogens is 4. The molecule has 0 radical (unpaired) electrons. The van der Waals surface area contributed by atoms with E-state index in [1.807, 2.05) is 30.3 Å². The number of carbonyl (C=O) groups is 1. The Morgan fingerprint density at radius 1 is 1.03 bits per heavy atom. The monoisotopic (exact) mass is 456 g/mol. The van der Waals surface area contributed by atoms with E-state index in [9.17, 15) is 4.79 Å². The Labute approximate surface area is 196 Å². The molecule has 10 nitrogen and oxygen atoms in total. The van der Waals surface area contributed by atoms with Crippen LogP contribution >= 0.6 is 0 Å². The lowest BCUT2D eigenvalue weighted by atomic mass is 10.2. The van der Waals surface area contributed by atoms with Crippen molar-refractivity contribution in [2.75, 3.05) is 47.2 Å². The van der Waals surface area contributed by atoms with E-state index in [1.165, 1.54) is 6.08 Å². The summed E-state index contributed by atoms with van der Waals surface area (Å²) in [4.78, 5) is 30.4. The van der Waals surface area contributed by atoms with Crippen LogP contribution in [-0.2, 0) is 9.53 Å². The SMILES string of the molecule is C=CC(=O)Nc1cccc(Nc2nc(Nc3ccc(N4CCOCC4)cc3)nc3nc[nH]c23)c1. The highest BCUT2D eigenvalue weighted by atomic mass is 16.5. The highest BCUT2D eigenvalue weighted by Crippen LogP contribution is 2.26. The quantitative estimate of drug-likeness (QED) is 0.310. The van der Waals surface area contributed by atoms with Crippen molar-refractivity contribution in [2.24, 2.45) is 0 Å². The molecule has 1 aliphatic rings. The molecule has 2 aromatic carbocycles. The van der Waals surface area contributed by atoms with Gasteiger partial charge < -0.3 is 30.6 Å². The van der Waals surface area contributed by atoms with Gasteiger partial charge in [0.1, 0.15) is 5.52 Å². The summed E-state index contributed by atoms with van der Waals surface area (Å²) in [5.41, 5.74) is 4.62. The zero-order valence-corrected chi connectivity index (χ0v) is 18.4. The Kier molecular flexibility index (Phi) is 6.04. The van der Waals surface area contributed by atoms with E-state index in [2.05, 4.69) is 59.5 Å². The molecule has 4 N–H and O–H groups in total. The second-order valence-corrected chi connectivity index (χ2v) is 7.67. The Morgan fingerprint density at radius 2 is 1.82 bits per heavy atom. The Balaban J connectivity index is 1.36. The number of benzene rings is 2. The summed E-state index contributed by atoms with van der Waals surface area (Å²) in [7, 11) is 0. The number of nitrogens with zero attached hydrogens (tertiary/aromatic N) is 4. The summed E-state index contributed by atoms with van der Waals surface area (Å²) in [5, 5.41) is 9.29. The van der Waals surface area contributed by atoms with Gasteiger partial charge in [0.25, 0.3) is 0 Å². The minimum absolute atomic E-state index is 0.277. The second kappa shape index (κ2) is 9.59. The number of fused-ring (bicyclic) bond motifs is 1. The van der Waals surface area contributed by atoms with Crippen molar-refractivity contribution in [3.05, 3.63) is 67.5 Å². The fourth-order valence-electron chi connectivity index (χ4n) is 3.69. The second-order valence-electron chi connectivity index (χ2n) is 7.67. The van der Waals surface area contributed by atoms with Crippen molar-refractivity contribution in [3.8, 4) is 0 Å². The first-order chi connectivity index (χ1) is 16.7. The van der Waals surface area contributed by atoms with E-state index in [4.69, 9.17) is 4.74 Å². The predicted octanol–water partition coefficient (Wildman–Crippen LogP) is 3.80. The Hall–Kier alpha value is -4.44. The minimum atomic E-state index is -0.277. The predicted molar refractivity (Wildman–Crippen MR) is 133 cm³/mol. The van der Waals surface area contributed by atoms with Gasteiger partial charge in [0.05, 0.1) is 19.5 Å². The number of rotatable bonds is 7. The lowest BCUT2D eigenvalue weighted by Gasteiger charge is -2.28. The third-order valence-corrected chi connectivity index (χ3v) is 5.36. The van der Waals surface area contributed by atoms with Gasteiger partial charge >= 0.3 is 0 Å². The number of ether oxygens (including phenoxy) is 1. The van der Waals surface area contributed by atoms with Crippen molar-refractivity contribution in [3.63, 3.8) is 0 Å². The van der Waals surface area contributed by atoms with Crippen molar-refractivity contribution in [1.29, 1.82) is 0 Å². The molecule has 172 valence electrons. The third-order valence-electron chi connectivity index (χ3n) is 5.36. The highest BCUT2D eigenvalue weighted by Gasteiger charge is 2.13. The molecule has 3 heterocycles. The molecule has 1 amide bonds. The first-order valence-electron chi connectivity index (χ1n) is 10.9.